The number of ether oxygens (including phenoxy) is 1. The van der Waals surface area contributed by atoms with Crippen LogP contribution in [0.15, 0.2) is 53.4 Å². The predicted molar refractivity (Wildman–Crippen MR) is 84.3 cm³/mol. The quantitative estimate of drug-likeness (QED) is 0.928. The second kappa shape index (κ2) is 5.90. The Morgan fingerprint density at radius 2 is 1.95 bits per heavy atom. The zero-order valence-corrected chi connectivity index (χ0v) is 12.4. The van der Waals surface area contributed by atoms with Gasteiger partial charge in [0.2, 0.25) is 0 Å². The Bertz CT molecular complexity index is 572. The molecule has 1 heterocycles. The Kier molecular flexibility index (Phi) is 3.99. The summed E-state index contributed by atoms with van der Waals surface area (Å²) in [5, 5.41) is 0.494. The summed E-state index contributed by atoms with van der Waals surface area (Å²) in [6.07, 6.45) is 1.08. The summed E-state index contributed by atoms with van der Waals surface area (Å²) in [4.78, 5) is 1.39. The average molecular weight is 285 g/mol. The molecule has 2 N–H and O–H groups in total. The molecule has 3 heteroatoms. The zero-order chi connectivity index (χ0) is 13.9. The summed E-state index contributed by atoms with van der Waals surface area (Å²) in [5.41, 5.74) is 8.50. The average Bonchev–Trinajstić information content (AvgIpc) is 2.88. The van der Waals surface area contributed by atoms with Crippen LogP contribution in [0, 0.1) is 0 Å². The maximum atomic E-state index is 6.01. The van der Waals surface area contributed by atoms with Gasteiger partial charge in [0.1, 0.15) is 12.4 Å². The second-order valence-electron chi connectivity index (χ2n) is 5.19. The molecular weight excluding hydrogens is 266 g/mol. The predicted octanol–water partition coefficient (Wildman–Crippen LogP) is 3.80. The highest BCUT2D eigenvalue weighted by atomic mass is 32.2. The van der Waals surface area contributed by atoms with Crippen molar-refractivity contribution >= 4 is 11.8 Å². The van der Waals surface area contributed by atoms with Crippen molar-refractivity contribution in [2.75, 3.05) is 6.61 Å². The molecule has 104 valence electrons. The molecule has 1 aliphatic rings. The van der Waals surface area contributed by atoms with Gasteiger partial charge in [-0.3, -0.25) is 0 Å². The van der Waals surface area contributed by atoms with Crippen LogP contribution in [-0.4, -0.2) is 11.9 Å². The molecule has 2 aromatic carbocycles. The number of benzene rings is 2. The van der Waals surface area contributed by atoms with Crippen molar-refractivity contribution < 1.29 is 4.74 Å². The molecule has 0 saturated heterocycles. The molecule has 0 aliphatic carbocycles. The van der Waals surface area contributed by atoms with Crippen molar-refractivity contribution in [1.82, 2.24) is 0 Å². The molecule has 0 saturated carbocycles. The summed E-state index contributed by atoms with van der Waals surface area (Å²) in [6, 6.07) is 16.6. The minimum atomic E-state index is -0.000344. The van der Waals surface area contributed by atoms with Crippen molar-refractivity contribution in [2.45, 2.75) is 29.5 Å². The first-order chi connectivity index (χ1) is 9.74. The van der Waals surface area contributed by atoms with E-state index < -0.39 is 0 Å². The van der Waals surface area contributed by atoms with Gasteiger partial charge in [-0.15, -0.1) is 11.8 Å². The third-order valence-corrected chi connectivity index (χ3v) is 4.84. The number of hydrogen-bond donors (Lipinski definition) is 1. The van der Waals surface area contributed by atoms with Gasteiger partial charge in [-0.2, -0.15) is 0 Å². The number of hydrogen-bond acceptors (Lipinski definition) is 3. The fraction of sp³-hybridized carbons (Fsp3) is 0.294. The lowest BCUT2D eigenvalue weighted by molar-refractivity contribution is 0.313. The Morgan fingerprint density at radius 3 is 2.75 bits per heavy atom. The number of thioether (sulfide) groups is 1. The van der Waals surface area contributed by atoms with E-state index in [1.165, 1.54) is 10.5 Å². The van der Waals surface area contributed by atoms with E-state index in [2.05, 4.69) is 24.3 Å². The van der Waals surface area contributed by atoms with Gasteiger partial charge in [0.15, 0.2) is 0 Å². The lowest BCUT2D eigenvalue weighted by Crippen LogP contribution is -2.15. The smallest absolute Gasteiger partial charge is 0.124 e. The van der Waals surface area contributed by atoms with E-state index in [1.807, 2.05) is 43.0 Å². The topological polar surface area (TPSA) is 35.2 Å². The Labute approximate surface area is 124 Å². The lowest BCUT2D eigenvalue weighted by atomic mass is 10.1. The fourth-order valence-electron chi connectivity index (χ4n) is 2.52. The Hall–Kier alpha value is -1.45. The third-order valence-electron chi connectivity index (χ3n) is 3.55. The van der Waals surface area contributed by atoms with Crippen molar-refractivity contribution in [1.29, 1.82) is 0 Å². The number of para-hydroxylation sites is 1. The van der Waals surface area contributed by atoms with Crippen molar-refractivity contribution in [3.05, 3.63) is 59.7 Å². The van der Waals surface area contributed by atoms with Crippen molar-refractivity contribution in [3.63, 3.8) is 0 Å². The molecule has 20 heavy (non-hydrogen) atoms. The maximum Gasteiger partial charge on any atom is 0.124 e. The number of rotatable bonds is 4. The van der Waals surface area contributed by atoms with E-state index in [-0.39, 0.29) is 6.04 Å². The molecule has 0 bridgehead atoms. The monoisotopic (exact) mass is 285 g/mol. The summed E-state index contributed by atoms with van der Waals surface area (Å²) in [6.45, 7) is 2.71. The first-order valence-corrected chi connectivity index (χ1v) is 7.84. The summed E-state index contributed by atoms with van der Waals surface area (Å²) in [5.74, 6) is 0.916. The van der Waals surface area contributed by atoms with Crippen LogP contribution in [0.25, 0.3) is 0 Å². The van der Waals surface area contributed by atoms with Gasteiger partial charge in [0, 0.05) is 21.8 Å². The van der Waals surface area contributed by atoms with E-state index in [0.717, 1.165) is 24.3 Å². The van der Waals surface area contributed by atoms with E-state index in [4.69, 9.17) is 10.5 Å². The molecule has 0 amide bonds. The lowest BCUT2D eigenvalue weighted by Gasteiger charge is -2.16. The van der Waals surface area contributed by atoms with Gasteiger partial charge in [-0.05, 0) is 31.0 Å². The first kappa shape index (κ1) is 13.5. The largest absolute Gasteiger partial charge is 0.492 e. The van der Waals surface area contributed by atoms with Crippen LogP contribution in [-0.2, 0) is 6.42 Å². The fourth-order valence-corrected chi connectivity index (χ4v) is 3.74. The summed E-state index contributed by atoms with van der Waals surface area (Å²) >= 11 is 1.91. The van der Waals surface area contributed by atoms with Crippen LogP contribution < -0.4 is 10.5 Å². The normalized spacial score (nSPS) is 18.6. The van der Waals surface area contributed by atoms with E-state index in [0.29, 0.717) is 5.25 Å². The van der Waals surface area contributed by atoms with Gasteiger partial charge in [-0.25, -0.2) is 0 Å². The molecule has 0 aromatic heterocycles. The molecule has 0 fully saturated rings. The highest BCUT2D eigenvalue weighted by Gasteiger charge is 2.22. The van der Waals surface area contributed by atoms with Crippen LogP contribution in [0.1, 0.15) is 24.1 Å². The van der Waals surface area contributed by atoms with E-state index in [1.54, 1.807) is 0 Å². The molecule has 1 unspecified atom stereocenters. The molecule has 2 nitrogen and oxygen atoms in total. The van der Waals surface area contributed by atoms with Crippen LogP contribution >= 0.6 is 11.8 Å². The molecule has 3 rings (SSSR count). The maximum absolute atomic E-state index is 6.01. The van der Waals surface area contributed by atoms with Gasteiger partial charge >= 0.3 is 0 Å². The van der Waals surface area contributed by atoms with E-state index >= 15 is 0 Å². The van der Waals surface area contributed by atoms with E-state index in [9.17, 15) is 0 Å². The highest BCUT2D eigenvalue weighted by Crippen LogP contribution is 2.37. The minimum absolute atomic E-state index is 0.000344. The third kappa shape index (κ3) is 2.84. The van der Waals surface area contributed by atoms with Gasteiger partial charge < -0.3 is 10.5 Å². The number of fused-ring (bicyclic) bond motifs is 1. The first-order valence-electron chi connectivity index (χ1n) is 6.96. The number of nitrogens with two attached hydrogens (primary N) is 1. The van der Waals surface area contributed by atoms with Crippen LogP contribution in [0.2, 0.25) is 0 Å². The molecular formula is C17H19NOS. The molecule has 0 spiro atoms. The van der Waals surface area contributed by atoms with Gasteiger partial charge in [-0.1, -0.05) is 36.4 Å². The van der Waals surface area contributed by atoms with Crippen LogP contribution in [0.5, 0.6) is 5.75 Å². The van der Waals surface area contributed by atoms with Gasteiger partial charge in [0.25, 0.3) is 0 Å². The summed E-state index contributed by atoms with van der Waals surface area (Å²) in [7, 11) is 0. The molecule has 0 radical (unpaired) electrons. The second-order valence-corrected chi connectivity index (χ2v) is 6.53. The van der Waals surface area contributed by atoms with Crippen LogP contribution in [0.4, 0.5) is 0 Å². The minimum Gasteiger partial charge on any atom is -0.492 e. The Balaban J connectivity index is 1.65. The van der Waals surface area contributed by atoms with Gasteiger partial charge in [0.05, 0.1) is 0 Å². The highest BCUT2D eigenvalue weighted by molar-refractivity contribution is 8.00. The summed E-state index contributed by atoms with van der Waals surface area (Å²) < 4.78 is 6.01. The zero-order valence-electron chi connectivity index (χ0n) is 11.6. The molecule has 2 aromatic rings. The van der Waals surface area contributed by atoms with Crippen molar-refractivity contribution in [2.24, 2.45) is 5.73 Å². The van der Waals surface area contributed by atoms with Crippen molar-refractivity contribution in [3.8, 4) is 5.75 Å². The standard InChI is InChI=1S/C17H19NOS/c1-12(18)15-7-3-4-8-16(15)19-11-14-10-13-6-2-5-9-17(13)20-14/h2-9,12,14H,10-11,18H2,1H3/t12-,14?/m1/s1. The molecule has 1 aliphatic heterocycles. The molecule has 2 atom stereocenters. The SMILES string of the molecule is C[C@@H](N)c1ccccc1OCC1Cc2ccccc2S1. The Morgan fingerprint density at radius 1 is 1.20 bits per heavy atom. The van der Waals surface area contributed by atoms with Crippen LogP contribution in [0.3, 0.4) is 0 Å².